The fourth-order valence-corrected chi connectivity index (χ4v) is 1.46. The van der Waals surface area contributed by atoms with Crippen LogP contribution in [0.1, 0.15) is 10.4 Å². The number of hydrogen-bond acceptors (Lipinski definition) is 4. The van der Waals surface area contributed by atoms with Gasteiger partial charge in [0.25, 0.3) is 5.91 Å². The van der Waals surface area contributed by atoms with Crippen LogP contribution in [0.2, 0.25) is 0 Å². The molecule has 0 radical (unpaired) electrons. The van der Waals surface area contributed by atoms with Crippen molar-refractivity contribution in [3.05, 3.63) is 58.4 Å². The van der Waals surface area contributed by atoms with Gasteiger partial charge in [0, 0.05) is 18.5 Å². The number of nitro benzene ring substituents is 1. The maximum absolute atomic E-state index is 11.9. The van der Waals surface area contributed by atoms with Crippen LogP contribution in [0.5, 0.6) is 5.75 Å². The molecule has 0 unspecified atom stereocenters. The molecule has 0 atom stereocenters. The third kappa shape index (κ3) is 1.87. The van der Waals surface area contributed by atoms with Crippen LogP contribution >= 0.6 is 0 Å². The summed E-state index contributed by atoms with van der Waals surface area (Å²) in [5.41, 5.74) is -0.585. The molecule has 17 heavy (non-hydrogen) atoms. The molecule has 6 heteroatoms. The van der Waals surface area contributed by atoms with E-state index in [0.29, 0.717) is 0 Å². The molecule has 86 valence electrons. The van der Waals surface area contributed by atoms with Crippen LogP contribution in [0.4, 0.5) is 5.69 Å². The molecule has 1 N–H and O–H groups in total. The molecule has 6 nitrogen and oxygen atoms in total. The first kappa shape index (κ1) is 10.9. The third-order valence-corrected chi connectivity index (χ3v) is 2.28. The monoisotopic (exact) mass is 232 g/mol. The van der Waals surface area contributed by atoms with Crippen LogP contribution in [-0.4, -0.2) is 20.5 Å². The molecule has 2 aromatic rings. The molecular weight excluding hydrogens is 224 g/mol. The number of para-hydroxylation sites is 1. The Morgan fingerprint density at radius 2 is 1.88 bits per heavy atom. The van der Waals surface area contributed by atoms with Crippen molar-refractivity contribution in [1.29, 1.82) is 0 Å². The lowest BCUT2D eigenvalue weighted by Crippen LogP contribution is -2.10. The highest BCUT2D eigenvalue weighted by molar-refractivity contribution is 5.99. The summed E-state index contributed by atoms with van der Waals surface area (Å²) in [7, 11) is 0. The van der Waals surface area contributed by atoms with Crippen LogP contribution < -0.4 is 0 Å². The van der Waals surface area contributed by atoms with Gasteiger partial charge in [0.2, 0.25) is 5.75 Å². The highest BCUT2D eigenvalue weighted by Gasteiger charge is 2.21. The Labute approximate surface area is 95.9 Å². The maximum atomic E-state index is 11.9. The minimum absolute atomic E-state index is 0.101. The first-order valence-corrected chi connectivity index (χ1v) is 4.75. The molecule has 0 aliphatic rings. The van der Waals surface area contributed by atoms with E-state index in [1.165, 1.54) is 29.1 Å². The number of carbonyl (C=O) groups is 1. The van der Waals surface area contributed by atoms with Gasteiger partial charge in [0.15, 0.2) is 0 Å². The summed E-state index contributed by atoms with van der Waals surface area (Å²) < 4.78 is 1.23. The van der Waals surface area contributed by atoms with Gasteiger partial charge in [-0.2, -0.15) is 0 Å². The zero-order valence-electron chi connectivity index (χ0n) is 8.61. The molecule has 0 aliphatic carbocycles. The molecule has 1 aromatic carbocycles. The number of benzene rings is 1. The Kier molecular flexibility index (Phi) is 2.61. The van der Waals surface area contributed by atoms with E-state index in [1.807, 2.05) is 0 Å². The number of carbonyl (C=O) groups excluding carboxylic acids is 1. The van der Waals surface area contributed by atoms with E-state index in [1.54, 1.807) is 12.1 Å². The summed E-state index contributed by atoms with van der Waals surface area (Å²) in [5.74, 6) is -1.13. The van der Waals surface area contributed by atoms with Gasteiger partial charge in [0.1, 0.15) is 0 Å². The van der Waals surface area contributed by atoms with Crippen molar-refractivity contribution in [2.75, 3.05) is 0 Å². The summed E-state index contributed by atoms with van der Waals surface area (Å²) >= 11 is 0. The minimum atomic E-state index is -0.734. The first-order valence-electron chi connectivity index (χ1n) is 4.75. The standard InChI is InChI=1S/C11H8N2O4/c14-10-8(4-3-5-9(10)13(16)17)11(15)12-6-1-2-7-12/h1-7,14H. The van der Waals surface area contributed by atoms with Gasteiger partial charge in [-0.05, 0) is 18.2 Å². The van der Waals surface area contributed by atoms with Crippen molar-refractivity contribution in [3.63, 3.8) is 0 Å². The Hall–Kier alpha value is -2.63. The Morgan fingerprint density at radius 3 is 2.47 bits per heavy atom. The minimum Gasteiger partial charge on any atom is -0.502 e. The number of phenols is 1. The fourth-order valence-electron chi connectivity index (χ4n) is 1.46. The summed E-state index contributed by atoms with van der Waals surface area (Å²) in [4.78, 5) is 21.8. The van der Waals surface area contributed by atoms with Crippen LogP contribution in [0.3, 0.4) is 0 Å². The van der Waals surface area contributed by atoms with Crippen molar-refractivity contribution in [3.8, 4) is 5.75 Å². The van der Waals surface area contributed by atoms with Crippen molar-refractivity contribution in [2.45, 2.75) is 0 Å². The lowest BCUT2D eigenvalue weighted by Gasteiger charge is -2.04. The fraction of sp³-hybridized carbons (Fsp3) is 0. The van der Waals surface area contributed by atoms with E-state index in [9.17, 15) is 20.0 Å². The molecular formula is C11H8N2O4. The number of nitro groups is 1. The lowest BCUT2D eigenvalue weighted by molar-refractivity contribution is -0.385. The van der Waals surface area contributed by atoms with Gasteiger partial charge in [-0.1, -0.05) is 6.07 Å². The van der Waals surface area contributed by atoms with E-state index in [-0.39, 0.29) is 5.56 Å². The Balaban J connectivity index is 2.50. The van der Waals surface area contributed by atoms with E-state index >= 15 is 0 Å². The number of rotatable bonds is 2. The smallest absolute Gasteiger partial charge is 0.311 e. The van der Waals surface area contributed by atoms with E-state index < -0.39 is 22.3 Å². The highest BCUT2D eigenvalue weighted by Crippen LogP contribution is 2.29. The summed E-state index contributed by atoms with van der Waals surface area (Å²) in [6.07, 6.45) is 3.00. The average molecular weight is 232 g/mol. The number of nitrogens with zero attached hydrogens (tertiary/aromatic N) is 2. The average Bonchev–Trinajstić information content (AvgIpc) is 2.81. The van der Waals surface area contributed by atoms with Gasteiger partial charge < -0.3 is 5.11 Å². The van der Waals surface area contributed by atoms with Crippen molar-refractivity contribution in [2.24, 2.45) is 0 Å². The summed E-state index contributed by atoms with van der Waals surface area (Å²) in [6, 6.07) is 7.12. The summed E-state index contributed by atoms with van der Waals surface area (Å²) in [5, 5.41) is 20.3. The molecule has 0 bridgehead atoms. The second kappa shape index (κ2) is 4.09. The molecule has 0 aliphatic heterocycles. The van der Waals surface area contributed by atoms with Gasteiger partial charge in [-0.15, -0.1) is 0 Å². The molecule has 1 heterocycles. The zero-order valence-corrected chi connectivity index (χ0v) is 8.61. The predicted molar refractivity (Wildman–Crippen MR) is 58.9 cm³/mol. The van der Waals surface area contributed by atoms with Gasteiger partial charge in [0.05, 0.1) is 10.5 Å². The quantitative estimate of drug-likeness (QED) is 0.631. The Morgan fingerprint density at radius 1 is 1.24 bits per heavy atom. The van der Waals surface area contributed by atoms with Gasteiger partial charge >= 0.3 is 5.69 Å². The number of hydrogen-bond donors (Lipinski definition) is 1. The largest absolute Gasteiger partial charge is 0.502 e. The third-order valence-electron chi connectivity index (χ3n) is 2.28. The first-order chi connectivity index (χ1) is 8.11. The number of phenolic OH excluding ortho intramolecular Hbond substituents is 1. The summed E-state index contributed by atoms with van der Waals surface area (Å²) in [6.45, 7) is 0. The van der Waals surface area contributed by atoms with Crippen LogP contribution in [0.15, 0.2) is 42.7 Å². The number of aromatic nitrogens is 1. The molecule has 0 spiro atoms. The lowest BCUT2D eigenvalue weighted by atomic mass is 10.1. The van der Waals surface area contributed by atoms with Crippen molar-refractivity contribution in [1.82, 2.24) is 4.57 Å². The molecule has 0 saturated heterocycles. The molecule has 0 fully saturated rings. The highest BCUT2D eigenvalue weighted by atomic mass is 16.6. The normalized spacial score (nSPS) is 10.1. The molecule has 0 amide bonds. The predicted octanol–water partition coefficient (Wildman–Crippen LogP) is 1.79. The number of aromatic hydroxyl groups is 1. The van der Waals surface area contributed by atoms with E-state index in [2.05, 4.69) is 0 Å². The molecule has 1 aromatic heterocycles. The van der Waals surface area contributed by atoms with Gasteiger partial charge in [-0.25, -0.2) is 0 Å². The SMILES string of the molecule is O=C(c1cccc([N+](=O)[O-])c1O)n1cccc1. The zero-order chi connectivity index (χ0) is 12.4. The van der Waals surface area contributed by atoms with Crippen LogP contribution in [0, 0.1) is 10.1 Å². The van der Waals surface area contributed by atoms with Crippen molar-refractivity contribution < 1.29 is 14.8 Å². The topological polar surface area (TPSA) is 85.4 Å². The van der Waals surface area contributed by atoms with Crippen LogP contribution in [0.25, 0.3) is 0 Å². The van der Waals surface area contributed by atoms with Gasteiger partial charge in [-0.3, -0.25) is 19.5 Å². The van der Waals surface area contributed by atoms with Crippen LogP contribution in [-0.2, 0) is 0 Å². The maximum Gasteiger partial charge on any atom is 0.311 e. The molecule has 0 saturated carbocycles. The molecule has 2 rings (SSSR count). The second-order valence-electron chi connectivity index (χ2n) is 3.33. The van der Waals surface area contributed by atoms with E-state index in [0.717, 1.165) is 6.07 Å². The van der Waals surface area contributed by atoms with E-state index in [4.69, 9.17) is 0 Å². The van der Waals surface area contributed by atoms with Crippen molar-refractivity contribution >= 4 is 11.6 Å². The second-order valence-corrected chi connectivity index (χ2v) is 3.33. The Bertz CT molecular complexity index is 575.